The van der Waals surface area contributed by atoms with Crippen molar-refractivity contribution in [3.63, 3.8) is 0 Å². The smallest absolute Gasteiger partial charge is 0.0809 e. The van der Waals surface area contributed by atoms with Gasteiger partial charge in [0, 0.05) is 12.6 Å². The lowest BCUT2D eigenvalue weighted by atomic mass is 10.0. The van der Waals surface area contributed by atoms with Crippen molar-refractivity contribution < 1.29 is 4.84 Å². The molecule has 0 amide bonds. The zero-order valence-corrected chi connectivity index (χ0v) is 7.96. The summed E-state index contributed by atoms with van der Waals surface area (Å²) in [5.41, 5.74) is 0. The maximum absolute atomic E-state index is 5.82. The van der Waals surface area contributed by atoms with E-state index in [-0.39, 0.29) is 0 Å². The molecule has 2 atom stereocenters. The topological polar surface area (TPSA) is 12.5 Å². The van der Waals surface area contributed by atoms with Gasteiger partial charge in [0.15, 0.2) is 0 Å². The van der Waals surface area contributed by atoms with E-state index in [1.54, 1.807) is 0 Å². The lowest BCUT2D eigenvalue weighted by Gasteiger charge is -2.13. The fraction of sp³-hybridized carbons (Fsp3) is 1.00. The fourth-order valence-corrected chi connectivity index (χ4v) is 2.32. The van der Waals surface area contributed by atoms with Gasteiger partial charge in [-0.1, -0.05) is 19.8 Å². The first-order chi connectivity index (χ1) is 5.90. The first-order valence-electron chi connectivity index (χ1n) is 5.33. The Morgan fingerprint density at radius 3 is 3.17 bits per heavy atom. The molecule has 0 bridgehead atoms. The highest BCUT2D eigenvalue weighted by Crippen LogP contribution is 2.31. The molecule has 2 fully saturated rings. The molecule has 2 heterocycles. The van der Waals surface area contributed by atoms with E-state index in [1.807, 2.05) is 0 Å². The highest BCUT2D eigenvalue weighted by molar-refractivity contribution is 4.82. The molecule has 0 aromatic carbocycles. The number of fused-ring (bicyclic) bond motifs is 1. The van der Waals surface area contributed by atoms with E-state index in [4.69, 9.17) is 4.84 Å². The molecule has 0 N–H and O–H groups in total. The molecule has 2 saturated heterocycles. The van der Waals surface area contributed by atoms with Crippen LogP contribution in [0.15, 0.2) is 0 Å². The van der Waals surface area contributed by atoms with Crippen LogP contribution in [-0.2, 0) is 4.84 Å². The standard InChI is InChI=1S/C10H19NO/c1-2-3-6-10-8-9-5-4-7-11(9)12-10/h9-10H,2-8H2,1H3. The third kappa shape index (κ3) is 1.64. The van der Waals surface area contributed by atoms with Crippen molar-refractivity contribution in [2.75, 3.05) is 6.54 Å². The normalized spacial score (nSPS) is 35.8. The molecule has 0 saturated carbocycles. The minimum atomic E-state index is 0.551. The second kappa shape index (κ2) is 3.75. The predicted molar refractivity (Wildman–Crippen MR) is 48.7 cm³/mol. The largest absolute Gasteiger partial charge is 0.295 e. The van der Waals surface area contributed by atoms with Crippen LogP contribution in [0.2, 0.25) is 0 Å². The fourth-order valence-electron chi connectivity index (χ4n) is 2.32. The summed E-state index contributed by atoms with van der Waals surface area (Å²) in [5.74, 6) is 0. The molecular weight excluding hydrogens is 150 g/mol. The quantitative estimate of drug-likeness (QED) is 0.643. The number of nitrogens with zero attached hydrogens (tertiary/aromatic N) is 1. The monoisotopic (exact) mass is 169 g/mol. The van der Waals surface area contributed by atoms with Crippen molar-refractivity contribution in [2.24, 2.45) is 0 Å². The number of hydrogen-bond acceptors (Lipinski definition) is 2. The highest BCUT2D eigenvalue weighted by atomic mass is 16.7. The van der Waals surface area contributed by atoms with Crippen molar-refractivity contribution in [3.05, 3.63) is 0 Å². The van der Waals surface area contributed by atoms with Crippen LogP contribution < -0.4 is 0 Å². The molecule has 2 aliphatic rings. The minimum absolute atomic E-state index is 0.551. The molecule has 2 aliphatic heterocycles. The highest BCUT2D eigenvalue weighted by Gasteiger charge is 2.35. The van der Waals surface area contributed by atoms with E-state index < -0.39 is 0 Å². The summed E-state index contributed by atoms with van der Waals surface area (Å²) in [5, 5.41) is 2.22. The van der Waals surface area contributed by atoms with Crippen LogP contribution in [-0.4, -0.2) is 23.8 Å². The first kappa shape index (κ1) is 8.52. The third-order valence-corrected chi connectivity index (χ3v) is 3.02. The predicted octanol–water partition coefficient (Wildman–Crippen LogP) is 2.34. The average Bonchev–Trinajstić information content (AvgIpc) is 2.58. The SMILES string of the molecule is CCCCC1CC2CCCN2O1. The van der Waals surface area contributed by atoms with Crippen LogP contribution in [0.3, 0.4) is 0 Å². The zero-order valence-electron chi connectivity index (χ0n) is 7.96. The Labute approximate surface area is 74.8 Å². The van der Waals surface area contributed by atoms with Crippen molar-refractivity contribution in [3.8, 4) is 0 Å². The summed E-state index contributed by atoms with van der Waals surface area (Å²) >= 11 is 0. The Kier molecular flexibility index (Phi) is 2.66. The second-order valence-electron chi connectivity index (χ2n) is 4.04. The summed E-state index contributed by atoms with van der Waals surface area (Å²) in [6, 6.07) is 0.770. The van der Waals surface area contributed by atoms with Gasteiger partial charge < -0.3 is 0 Å². The van der Waals surface area contributed by atoms with E-state index >= 15 is 0 Å². The molecular formula is C10H19NO. The van der Waals surface area contributed by atoms with E-state index in [2.05, 4.69) is 12.0 Å². The summed E-state index contributed by atoms with van der Waals surface area (Å²) in [6.07, 6.45) is 8.43. The van der Waals surface area contributed by atoms with Gasteiger partial charge in [0.1, 0.15) is 0 Å². The van der Waals surface area contributed by atoms with Gasteiger partial charge in [-0.25, -0.2) is 0 Å². The van der Waals surface area contributed by atoms with Crippen molar-refractivity contribution >= 4 is 0 Å². The Morgan fingerprint density at radius 2 is 2.42 bits per heavy atom. The number of rotatable bonds is 3. The van der Waals surface area contributed by atoms with Crippen molar-refractivity contribution in [1.82, 2.24) is 5.06 Å². The van der Waals surface area contributed by atoms with Gasteiger partial charge in [0.05, 0.1) is 6.10 Å². The summed E-state index contributed by atoms with van der Waals surface area (Å²) in [4.78, 5) is 5.82. The molecule has 0 radical (unpaired) electrons. The van der Waals surface area contributed by atoms with Gasteiger partial charge in [-0.05, 0) is 25.7 Å². The van der Waals surface area contributed by atoms with Gasteiger partial charge in [-0.15, -0.1) is 0 Å². The average molecular weight is 169 g/mol. The maximum atomic E-state index is 5.82. The molecule has 0 aromatic heterocycles. The van der Waals surface area contributed by atoms with Gasteiger partial charge in [-0.2, -0.15) is 5.06 Å². The Morgan fingerprint density at radius 1 is 1.50 bits per heavy atom. The van der Waals surface area contributed by atoms with E-state index in [9.17, 15) is 0 Å². The van der Waals surface area contributed by atoms with Gasteiger partial charge in [0.2, 0.25) is 0 Å². The second-order valence-corrected chi connectivity index (χ2v) is 4.04. The molecule has 0 spiro atoms. The van der Waals surface area contributed by atoms with Crippen LogP contribution in [0.5, 0.6) is 0 Å². The molecule has 2 unspecified atom stereocenters. The summed E-state index contributed by atoms with van der Waals surface area (Å²) in [7, 11) is 0. The molecule has 0 aliphatic carbocycles. The lowest BCUT2D eigenvalue weighted by molar-refractivity contribution is -0.149. The van der Waals surface area contributed by atoms with E-state index in [1.165, 1.54) is 45.1 Å². The molecule has 70 valence electrons. The molecule has 2 nitrogen and oxygen atoms in total. The summed E-state index contributed by atoms with van der Waals surface area (Å²) < 4.78 is 0. The van der Waals surface area contributed by atoms with Crippen LogP contribution in [0.1, 0.15) is 45.4 Å². The first-order valence-corrected chi connectivity index (χ1v) is 5.33. The molecule has 2 heteroatoms. The van der Waals surface area contributed by atoms with Gasteiger partial charge in [0.25, 0.3) is 0 Å². The number of hydroxylamine groups is 2. The minimum Gasteiger partial charge on any atom is -0.295 e. The Bertz CT molecular complexity index is 137. The lowest BCUT2D eigenvalue weighted by Crippen LogP contribution is -2.20. The van der Waals surface area contributed by atoms with Crippen molar-refractivity contribution in [1.29, 1.82) is 0 Å². The van der Waals surface area contributed by atoms with Crippen LogP contribution in [0.4, 0.5) is 0 Å². The molecule has 2 rings (SSSR count). The van der Waals surface area contributed by atoms with Crippen molar-refractivity contribution in [2.45, 2.75) is 57.6 Å². The zero-order chi connectivity index (χ0) is 8.39. The molecule has 0 aromatic rings. The number of unbranched alkanes of at least 4 members (excludes halogenated alkanes) is 1. The van der Waals surface area contributed by atoms with Crippen LogP contribution in [0.25, 0.3) is 0 Å². The number of hydrogen-bond donors (Lipinski definition) is 0. The van der Waals surface area contributed by atoms with Gasteiger partial charge in [-0.3, -0.25) is 4.84 Å². The molecule has 12 heavy (non-hydrogen) atoms. The maximum Gasteiger partial charge on any atom is 0.0809 e. The van der Waals surface area contributed by atoms with E-state index in [0.29, 0.717) is 6.10 Å². The van der Waals surface area contributed by atoms with Crippen LogP contribution in [0, 0.1) is 0 Å². The van der Waals surface area contributed by atoms with Crippen LogP contribution >= 0.6 is 0 Å². The Balaban J connectivity index is 1.75. The van der Waals surface area contributed by atoms with Gasteiger partial charge >= 0.3 is 0 Å². The van der Waals surface area contributed by atoms with E-state index in [0.717, 1.165) is 6.04 Å². The third-order valence-electron chi connectivity index (χ3n) is 3.02. The summed E-state index contributed by atoms with van der Waals surface area (Å²) in [6.45, 7) is 3.42. The Hall–Kier alpha value is -0.0800.